The summed E-state index contributed by atoms with van der Waals surface area (Å²) in [4.78, 5) is 4.51. The van der Waals surface area contributed by atoms with Gasteiger partial charge in [0.05, 0.1) is 6.04 Å². The maximum Gasteiger partial charge on any atom is 2.00 e. The third-order valence-corrected chi connectivity index (χ3v) is 12.7. The summed E-state index contributed by atoms with van der Waals surface area (Å²) in [6.07, 6.45) is 40.7. The maximum atomic E-state index is 4.51. The predicted molar refractivity (Wildman–Crippen MR) is 202 cm³/mol. The minimum absolute atomic E-state index is 0. The molecule has 12 radical (unpaired) electrons. The van der Waals surface area contributed by atoms with Gasteiger partial charge in [-0.05, 0) is 124 Å². The summed E-state index contributed by atoms with van der Waals surface area (Å²) in [6.45, 7) is 2.11. The molecule has 49 heavy (non-hydrogen) atoms. The first-order valence-corrected chi connectivity index (χ1v) is 19.2. The molecule has 0 aromatic heterocycles. The average molecular weight is 750 g/mol. The molecule has 0 heterocycles. The molecule has 4 heteroatoms. The Morgan fingerprint density at radius 1 is 0.592 bits per heavy atom. The number of aliphatic imine (C=N–C) groups is 1. The van der Waals surface area contributed by atoms with Crippen LogP contribution in [-0.2, 0) is 33.6 Å². The van der Waals surface area contributed by atoms with Crippen molar-refractivity contribution >= 4 is 14.1 Å². The molecule has 3 aromatic rings. The molecule has 0 N–H and O–H groups in total. The number of nitrogens with zero attached hydrogens (tertiary/aromatic N) is 1. The fourth-order valence-electron chi connectivity index (χ4n) is 6.65. The minimum Gasteiger partial charge on any atom is -0.289 e. The summed E-state index contributed by atoms with van der Waals surface area (Å²) in [5, 5.41) is 0. The maximum absolute atomic E-state index is 4.51. The van der Waals surface area contributed by atoms with Gasteiger partial charge in [-0.1, -0.05) is 137 Å². The van der Waals surface area contributed by atoms with E-state index in [1.807, 2.05) is 97.9 Å². The van der Waals surface area contributed by atoms with Crippen molar-refractivity contribution in [2.75, 3.05) is 0 Å². The molecular weight excluding hydrogens is 700 g/mol. The van der Waals surface area contributed by atoms with E-state index in [4.69, 9.17) is 0 Å². The van der Waals surface area contributed by atoms with Crippen LogP contribution in [0.25, 0.3) is 0 Å². The Morgan fingerprint density at radius 2 is 1.00 bits per heavy atom. The van der Waals surface area contributed by atoms with E-state index in [1.165, 1.54) is 69.8 Å². The fourth-order valence-corrected chi connectivity index (χ4v) is 10.5. The third-order valence-electron chi connectivity index (χ3n) is 9.20. The van der Waals surface area contributed by atoms with Crippen molar-refractivity contribution in [2.24, 2.45) is 4.99 Å². The van der Waals surface area contributed by atoms with Crippen molar-refractivity contribution < 1.29 is 33.6 Å². The van der Waals surface area contributed by atoms with Crippen molar-refractivity contribution in [3.8, 4) is 0 Å². The van der Waals surface area contributed by atoms with Gasteiger partial charge in [0.15, 0.2) is 0 Å². The van der Waals surface area contributed by atoms with E-state index in [-0.39, 0.29) is 47.5 Å². The number of hydrogen-bond acceptors (Lipinski definition) is 1. The largest absolute Gasteiger partial charge is 2.00 e. The van der Waals surface area contributed by atoms with Crippen LogP contribution in [0.15, 0.2) is 96.0 Å². The van der Waals surface area contributed by atoms with Crippen molar-refractivity contribution in [1.82, 2.24) is 0 Å². The third kappa shape index (κ3) is 15.0. The van der Waals surface area contributed by atoms with E-state index >= 15 is 0 Å². The van der Waals surface area contributed by atoms with Gasteiger partial charge < -0.3 is 0 Å². The quantitative estimate of drug-likeness (QED) is 0.0941. The van der Waals surface area contributed by atoms with E-state index in [9.17, 15) is 0 Å². The van der Waals surface area contributed by atoms with Gasteiger partial charge >= 0.3 is 17.1 Å². The number of benzene rings is 3. The number of rotatable bonds is 8. The SMILES string of the molecule is CC(N=C[C]1[CH][CH][CH][CH]1)c1ccccc1.[CH]1[CH][CH][C](P(C2CCCCC2)C2CCCCC2)[CH]1.[C](=[C]c1ccccc1)c1ccccc1.[Fe+2].[Ni]. The van der Waals surface area contributed by atoms with Crippen molar-refractivity contribution in [2.45, 2.75) is 88.5 Å². The predicted octanol–water partition coefficient (Wildman–Crippen LogP) is 12.0. The van der Waals surface area contributed by atoms with Crippen LogP contribution < -0.4 is 0 Å². The Kier molecular flexibility index (Phi) is 21.1. The van der Waals surface area contributed by atoms with Crippen LogP contribution in [0.2, 0.25) is 0 Å². The summed E-state index contributed by atoms with van der Waals surface area (Å²) in [6, 6.07) is 30.6. The standard InChI is InChI=1S/C17H26P.C14H14N.C14H10.Fe.Ni/c1-3-9-15(10-4-1)18(17-13-7-8-14-17)16-11-5-2-6-12-16;1-12(14-9-3-2-4-10-14)15-11-13-7-5-6-8-13;1-3-7-13(8-4-1)11-12-14-9-5-2-6-10-14;;/h7-8,13-16H,1-6,9-12H2;2-12H,1H3;1-10H;;/q;;;+2;. The fraction of sp³-hybridized carbons (Fsp3) is 0.311. The zero-order valence-corrected chi connectivity index (χ0v) is 31.7. The second kappa shape index (κ2) is 24.7. The first-order valence-electron chi connectivity index (χ1n) is 17.7. The van der Waals surface area contributed by atoms with Crippen LogP contribution in [0.3, 0.4) is 0 Å². The van der Waals surface area contributed by atoms with Crippen LogP contribution >= 0.6 is 7.92 Å². The smallest absolute Gasteiger partial charge is 0.289 e. The second-order valence-electron chi connectivity index (χ2n) is 12.7. The molecule has 4 saturated carbocycles. The van der Waals surface area contributed by atoms with Crippen LogP contribution in [-0.4, -0.2) is 17.5 Å². The van der Waals surface area contributed by atoms with Crippen molar-refractivity contribution in [3.05, 3.63) is 183 Å². The Bertz CT molecular complexity index is 1220. The second-order valence-corrected chi connectivity index (χ2v) is 15.5. The van der Waals surface area contributed by atoms with Gasteiger partial charge in [0.25, 0.3) is 0 Å². The Balaban J connectivity index is 0.000000197. The molecule has 1 unspecified atom stereocenters. The molecule has 0 aliphatic heterocycles. The molecule has 3 aromatic carbocycles. The molecule has 0 amide bonds. The summed E-state index contributed by atoms with van der Waals surface area (Å²) in [5.74, 6) is 1.16. The average Bonchev–Trinajstić information content (AvgIpc) is 3.88. The van der Waals surface area contributed by atoms with E-state index < -0.39 is 0 Å². The normalized spacial score (nSPS) is 19.8. The van der Waals surface area contributed by atoms with Crippen LogP contribution in [0.1, 0.15) is 93.9 Å². The molecule has 4 aliphatic carbocycles. The molecule has 0 bridgehead atoms. The molecule has 256 valence electrons. The summed E-state index contributed by atoms with van der Waals surface area (Å²) in [7, 11) is 0.145. The summed E-state index contributed by atoms with van der Waals surface area (Å²) in [5.41, 5.74) is 7.19. The van der Waals surface area contributed by atoms with Crippen molar-refractivity contribution in [1.29, 1.82) is 0 Å². The van der Waals surface area contributed by atoms with E-state index in [0.717, 1.165) is 28.4 Å². The molecule has 0 spiro atoms. The van der Waals surface area contributed by atoms with Gasteiger partial charge in [0, 0.05) is 34.3 Å². The molecule has 1 nitrogen and oxygen atoms in total. The van der Waals surface area contributed by atoms with Crippen LogP contribution in [0, 0.1) is 75.1 Å². The zero-order chi connectivity index (χ0) is 32.4. The number of hydrogen-bond donors (Lipinski definition) is 0. The molecule has 4 aliphatic rings. The Labute approximate surface area is 322 Å². The van der Waals surface area contributed by atoms with E-state index in [2.05, 4.69) is 74.7 Å². The van der Waals surface area contributed by atoms with Gasteiger partial charge in [-0.2, -0.15) is 0 Å². The molecule has 7 rings (SSSR count). The first kappa shape index (κ1) is 41.9. The zero-order valence-electron chi connectivity index (χ0n) is 28.7. The molecule has 4 fully saturated rings. The molecular formula is C45H50FeNNiP+2. The summed E-state index contributed by atoms with van der Waals surface area (Å²) < 4.78 is 0. The van der Waals surface area contributed by atoms with Crippen LogP contribution in [0.4, 0.5) is 0 Å². The molecule has 0 saturated heterocycles. The van der Waals surface area contributed by atoms with Gasteiger partial charge in [-0.25, -0.2) is 0 Å². The monoisotopic (exact) mass is 749 g/mol. The van der Waals surface area contributed by atoms with Gasteiger partial charge in [-0.15, -0.1) is 0 Å². The Hall–Kier alpha value is -1.49. The van der Waals surface area contributed by atoms with Gasteiger partial charge in [0.2, 0.25) is 0 Å². The van der Waals surface area contributed by atoms with E-state index in [1.54, 1.807) is 5.66 Å². The van der Waals surface area contributed by atoms with E-state index in [0.29, 0.717) is 0 Å². The minimum atomic E-state index is 0. The summed E-state index contributed by atoms with van der Waals surface area (Å²) >= 11 is 0. The first-order chi connectivity index (χ1) is 23.3. The van der Waals surface area contributed by atoms with Gasteiger partial charge in [0.1, 0.15) is 0 Å². The Morgan fingerprint density at radius 3 is 1.45 bits per heavy atom. The van der Waals surface area contributed by atoms with Crippen molar-refractivity contribution in [3.63, 3.8) is 0 Å². The van der Waals surface area contributed by atoms with Gasteiger partial charge in [-0.3, -0.25) is 4.99 Å². The topological polar surface area (TPSA) is 12.4 Å². The molecule has 1 atom stereocenters. The van der Waals surface area contributed by atoms with Crippen LogP contribution in [0.5, 0.6) is 0 Å².